The van der Waals surface area contributed by atoms with E-state index in [9.17, 15) is 0 Å². The molecule has 0 unspecified atom stereocenters. The van der Waals surface area contributed by atoms with Crippen molar-refractivity contribution in [2.75, 3.05) is 5.84 Å². The molecule has 0 spiro atoms. The van der Waals surface area contributed by atoms with Crippen LogP contribution in [0.25, 0.3) is 0 Å². The molecule has 0 atom stereocenters. The van der Waals surface area contributed by atoms with Crippen LogP contribution in [0.1, 0.15) is 11.3 Å². The molecule has 4 nitrogen and oxygen atoms in total. The van der Waals surface area contributed by atoms with Gasteiger partial charge in [-0.05, 0) is 6.92 Å². The van der Waals surface area contributed by atoms with E-state index >= 15 is 0 Å². The maximum atomic E-state index is 8.40. The Labute approximate surface area is 52.5 Å². The SMILES string of the molecule is Cc1cnn(N)c1C#N. The molecule has 0 aliphatic carbocycles. The number of aromatic nitrogens is 2. The van der Waals surface area contributed by atoms with Crippen molar-refractivity contribution in [3.63, 3.8) is 0 Å². The quantitative estimate of drug-likeness (QED) is 0.483. The highest BCUT2D eigenvalue weighted by atomic mass is 15.5. The maximum Gasteiger partial charge on any atom is 0.164 e. The molecule has 0 saturated carbocycles. The van der Waals surface area contributed by atoms with Gasteiger partial charge in [-0.3, -0.25) is 0 Å². The largest absolute Gasteiger partial charge is 0.322 e. The van der Waals surface area contributed by atoms with Gasteiger partial charge in [0.15, 0.2) is 5.69 Å². The van der Waals surface area contributed by atoms with Gasteiger partial charge in [-0.25, -0.2) is 0 Å². The van der Waals surface area contributed by atoms with Gasteiger partial charge in [-0.1, -0.05) is 0 Å². The molecule has 1 heterocycles. The lowest BCUT2D eigenvalue weighted by atomic mass is 10.3. The van der Waals surface area contributed by atoms with Crippen molar-refractivity contribution in [1.82, 2.24) is 9.89 Å². The Morgan fingerprint density at radius 2 is 2.56 bits per heavy atom. The summed E-state index contributed by atoms with van der Waals surface area (Å²) >= 11 is 0. The van der Waals surface area contributed by atoms with Crippen molar-refractivity contribution in [3.8, 4) is 6.07 Å². The molecule has 0 fully saturated rings. The molecule has 4 heteroatoms. The summed E-state index contributed by atoms with van der Waals surface area (Å²) in [6.07, 6.45) is 1.55. The van der Waals surface area contributed by atoms with Crippen molar-refractivity contribution in [1.29, 1.82) is 5.26 Å². The number of nitrogens with zero attached hydrogens (tertiary/aromatic N) is 3. The van der Waals surface area contributed by atoms with Crippen LogP contribution in [-0.4, -0.2) is 9.89 Å². The van der Waals surface area contributed by atoms with Gasteiger partial charge >= 0.3 is 0 Å². The van der Waals surface area contributed by atoms with Crippen LogP contribution in [-0.2, 0) is 0 Å². The zero-order chi connectivity index (χ0) is 6.85. The fourth-order valence-electron chi connectivity index (χ4n) is 0.588. The van der Waals surface area contributed by atoms with Crippen LogP contribution in [0.5, 0.6) is 0 Å². The van der Waals surface area contributed by atoms with E-state index in [-0.39, 0.29) is 0 Å². The van der Waals surface area contributed by atoms with Gasteiger partial charge in [0.2, 0.25) is 0 Å². The summed E-state index contributed by atoms with van der Waals surface area (Å²) < 4.78 is 0. The molecule has 0 saturated heterocycles. The normalized spacial score (nSPS) is 8.89. The fourth-order valence-corrected chi connectivity index (χ4v) is 0.588. The summed E-state index contributed by atoms with van der Waals surface area (Å²) in [6.45, 7) is 1.79. The Kier molecular flexibility index (Phi) is 1.12. The molecule has 46 valence electrons. The highest BCUT2D eigenvalue weighted by Crippen LogP contribution is 1.99. The van der Waals surface area contributed by atoms with Crippen LogP contribution in [0.2, 0.25) is 0 Å². The second-order valence-electron chi connectivity index (χ2n) is 1.73. The molecule has 0 aliphatic rings. The summed E-state index contributed by atoms with van der Waals surface area (Å²) in [5.74, 6) is 5.23. The molecule has 1 rings (SSSR count). The highest BCUT2D eigenvalue weighted by molar-refractivity contribution is 5.28. The molecule has 9 heavy (non-hydrogen) atoms. The van der Waals surface area contributed by atoms with Gasteiger partial charge in [0.05, 0.1) is 6.20 Å². The molecule has 0 aromatic carbocycles. The van der Waals surface area contributed by atoms with Crippen molar-refractivity contribution in [2.24, 2.45) is 0 Å². The third-order valence-corrected chi connectivity index (χ3v) is 1.08. The van der Waals surface area contributed by atoms with Crippen LogP contribution in [0.4, 0.5) is 0 Å². The first-order valence-corrected chi connectivity index (χ1v) is 2.45. The van der Waals surface area contributed by atoms with E-state index in [1.165, 1.54) is 0 Å². The molecule has 0 radical (unpaired) electrons. The van der Waals surface area contributed by atoms with E-state index in [0.717, 1.165) is 10.4 Å². The minimum absolute atomic E-state index is 0.412. The number of hydrogen-bond acceptors (Lipinski definition) is 3. The summed E-state index contributed by atoms with van der Waals surface area (Å²) in [5.41, 5.74) is 1.22. The second-order valence-corrected chi connectivity index (χ2v) is 1.73. The van der Waals surface area contributed by atoms with E-state index in [2.05, 4.69) is 5.10 Å². The number of aryl methyl sites for hydroxylation is 1. The zero-order valence-electron chi connectivity index (χ0n) is 5.00. The van der Waals surface area contributed by atoms with Crippen LogP contribution in [0, 0.1) is 18.3 Å². The van der Waals surface area contributed by atoms with E-state index in [1.807, 2.05) is 6.07 Å². The van der Waals surface area contributed by atoms with Crippen LogP contribution < -0.4 is 5.84 Å². The smallest absolute Gasteiger partial charge is 0.164 e. The Morgan fingerprint density at radius 1 is 1.89 bits per heavy atom. The summed E-state index contributed by atoms with van der Waals surface area (Å²) in [5, 5.41) is 12.1. The van der Waals surface area contributed by atoms with E-state index in [1.54, 1.807) is 13.1 Å². The van der Waals surface area contributed by atoms with Crippen molar-refractivity contribution < 1.29 is 0 Å². The average Bonchev–Trinajstić information content (AvgIpc) is 2.12. The standard InChI is InChI=1S/C5H6N4/c1-4-3-8-9(7)5(4)2-6/h3H,7H2,1H3. The molecule has 0 bridgehead atoms. The third kappa shape index (κ3) is 0.722. The molecule has 2 N–H and O–H groups in total. The van der Waals surface area contributed by atoms with Crippen LogP contribution >= 0.6 is 0 Å². The van der Waals surface area contributed by atoms with Gasteiger partial charge in [0.25, 0.3) is 0 Å². The zero-order valence-corrected chi connectivity index (χ0v) is 5.00. The third-order valence-electron chi connectivity index (χ3n) is 1.08. The lowest BCUT2D eigenvalue weighted by Gasteiger charge is -1.88. The molecule has 0 amide bonds. The predicted molar refractivity (Wildman–Crippen MR) is 31.8 cm³/mol. The number of nitriles is 1. The number of nitrogen functional groups attached to an aromatic ring is 1. The molecule has 1 aromatic rings. The van der Waals surface area contributed by atoms with Gasteiger partial charge in [-0.15, -0.1) is 0 Å². The second kappa shape index (κ2) is 1.78. The average molecular weight is 122 g/mol. The molecular weight excluding hydrogens is 116 g/mol. The number of hydrogen-bond donors (Lipinski definition) is 1. The Bertz CT molecular complexity index is 235. The Balaban J connectivity index is 3.27. The number of rotatable bonds is 0. The highest BCUT2D eigenvalue weighted by Gasteiger charge is 2.00. The van der Waals surface area contributed by atoms with E-state index < -0.39 is 0 Å². The molecule has 1 aromatic heterocycles. The Hall–Kier alpha value is -1.50. The minimum Gasteiger partial charge on any atom is -0.322 e. The topological polar surface area (TPSA) is 67.6 Å². The lowest BCUT2D eigenvalue weighted by Crippen LogP contribution is -2.12. The van der Waals surface area contributed by atoms with Crippen molar-refractivity contribution in [2.45, 2.75) is 6.92 Å². The summed E-state index contributed by atoms with van der Waals surface area (Å²) in [4.78, 5) is 1.06. The van der Waals surface area contributed by atoms with Gasteiger partial charge in [0, 0.05) is 5.56 Å². The summed E-state index contributed by atoms with van der Waals surface area (Å²) in [6, 6.07) is 1.92. The van der Waals surface area contributed by atoms with Crippen LogP contribution in [0.15, 0.2) is 6.20 Å². The van der Waals surface area contributed by atoms with Crippen LogP contribution in [0.3, 0.4) is 0 Å². The minimum atomic E-state index is 0.412. The molecule has 0 aliphatic heterocycles. The van der Waals surface area contributed by atoms with Gasteiger partial charge < -0.3 is 5.84 Å². The lowest BCUT2D eigenvalue weighted by molar-refractivity contribution is 0.818. The first kappa shape index (κ1) is 5.63. The predicted octanol–water partition coefficient (Wildman–Crippen LogP) is -0.223. The Morgan fingerprint density at radius 3 is 2.78 bits per heavy atom. The van der Waals surface area contributed by atoms with E-state index in [4.69, 9.17) is 11.1 Å². The molecular formula is C5H6N4. The fraction of sp³-hybridized carbons (Fsp3) is 0.200. The van der Waals surface area contributed by atoms with Gasteiger partial charge in [-0.2, -0.15) is 15.2 Å². The van der Waals surface area contributed by atoms with E-state index in [0.29, 0.717) is 5.69 Å². The van der Waals surface area contributed by atoms with Crippen molar-refractivity contribution >= 4 is 0 Å². The maximum absolute atomic E-state index is 8.40. The first-order valence-electron chi connectivity index (χ1n) is 2.45. The number of nitrogens with two attached hydrogens (primary N) is 1. The summed E-state index contributed by atoms with van der Waals surface area (Å²) in [7, 11) is 0. The van der Waals surface area contributed by atoms with Crippen molar-refractivity contribution in [3.05, 3.63) is 17.5 Å². The van der Waals surface area contributed by atoms with Gasteiger partial charge in [0.1, 0.15) is 6.07 Å². The monoisotopic (exact) mass is 122 g/mol. The first-order chi connectivity index (χ1) is 4.25.